The van der Waals surface area contributed by atoms with Gasteiger partial charge in [-0.25, -0.2) is 0 Å². The lowest BCUT2D eigenvalue weighted by Gasteiger charge is -2.22. The number of rotatable bonds is 5. The number of hydrogen-bond donors (Lipinski definition) is 2. The number of aromatic nitrogens is 2. The van der Waals surface area contributed by atoms with E-state index in [1.54, 1.807) is 6.07 Å². The Kier molecular flexibility index (Phi) is 5.32. The van der Waals surface area contributed by atoms with Crippen molar-refractivity contribution in [2.24, 2.45) is 0 Å². The van der Waals surface area contributed by atoms with Crippen LogP contribution >= 0.6 is 0 Å². The fraction of sp³-hybridized carbons (Fsp3) is 0.667. The predicted octanol–water partition coefficient (Wildman–Crippen LogP) is 2.75. The molecule has 2 N–H and O–H groups in total. The predicted molar refractivity (Wildman–Crippen MR) is 79.7 cm³/mol. The molecule has 2 rings (SSSR count). The summed E-state index contributed by atoms with van der Waals surface area (Å²) in [5, 5.41) is 14.4. The summed E-state index contributed by atoms with van der Waals surface area (Å²) in [5.41, 5.74) is 0.375. The second kappa shape index (κ2) is 7.22. The number of nitrogens with zero attached hydrogens (tertiary/aromatic N) is 2. The van der Waals surface area contributed by atoms with Gasteiger partial charge in [-0.2, -0.15) is 0 Å². The Morgan fingerprint density at radius 1 is 1.30 bits per heavy atom. The molecule has 1 fully saturated rings. The molecule has 1 aromatic rings. The smallest absolute Gasteiger partial charge is 0.272 e. The van der Waals surface area contributed by atoms with Gasteiger partial charge in [-0.3, -0.25) is 4.79 Å². The van der Waals surface area contributed by atoms with Crippen LogP contribution in [0.4, 0.5) is 5.82 Å². The van der Waals surface area contributed by atoms with Gasteiger partial charge in [0.1, 0.15) is 5.82 Å². The van der Waals surface area contributed by atoms with Crippen molar-refractivity contribution >= 4 is 11.7 Å². The van der Waals surface area contributed by atoms with Crippen LogP contribution in [0.15, 0.2) is 12.1 Å². The van der Waals surface area contributed by atoms with Crippen molar-refractivity contribution < 1.29 is 4.79 Å². The molecule has 1 unspecified atom stereocenters. The molecule has 0 aliphatic heterocycles. The first-order valence-electron chi connectivity index (χ1n) is 7.60. The van der Waals surface area contributed by atoms with Gasteiger partial charge in [-0.15, -0.1) is 10.2 Å². The molecule has 20 heavy (non-hydrogen) atoms. The molecule has 1 saturated carbocycles. The summed E-state index contributed by atoms with van der Waals surface area (Å²) in [7, 11) is 0. The van der Waals surface area contributed by atoms with Crippen LogP contribution in [0, 0.1) is 0 Å². The van der Waals surface area contributed by atoms with Gasteiger partial charge >= 0.3 is 0 Å². The minimum absolute atomic E-state index is 0.156. The van der Waals surface area contributed by atoms with E-state index in [1.165, 1.54) is 32.1 Å². The third-order valence-corrected chi connectivity index (χ3v) is 3.84. The largest absolute Gasteiger partial charge is 0.366 e. The molecule has 1 aliphatic rings. The topological polar surface area (TPSA) is 66.9 Å². The molecule has 0 radical (unpaired) electrons. The quantitative estimate of drug-likeness (QED) is 0.867. The summed E-state index contributed by atoms with van der Waals surface area (Å²) in [6, 6.07) is 4.23. The first kappa shape index (κ1) is 14.8. The van der Waals surface area contributed by atoms with E-state index in [2.05, 4.69) is 20.8 Å². The van der Waals surface area contributed by atoms with E-state index in [4.69, 9.17) is 0 Å². The summed E-state index contributed by atoms with van der Waals surface area (Å²) in [4.78, 5) is 11.9. The maximum Gasteiger partial charge on any atom is 0.272 e. The molecule has 1 atom stereocenters. The fourth-order valence-electron chi connectivity index (χ4n) is 2.39. The van der Waals surface area contributed by atoms with Crippen molar-refractivity contribution in [2.75, 3.05) is 5.32 Å². The van der Waals surface area contributed by atoms with Crippen LogP contribution in [-0.4, -0.2) is 28.2 Å². The van der Waals surface area contributed by atoms with Crippen molar-refractivity contribution in [1.82, 2.24) is 15.5 Å². The molecule has 5 nitrogen and oxygen atoms in total. The van der Waals surface area contributed by atoms with Crippen molar-refractivity contribution in [3.63, 3.8) is 0 Å². The third kappa shape index (κ3) is 4.18. The van der Waals surface area contributed by atoms with E-state index < -0.39 is 0 Å². The zero-order valence-electron chi connectivity index (χ0n) is 12.4. The van der Waals surface area contributed by atoms with E-state index in [-0.39, 0.29) is 11.9 Å². The minimum Gasteiger partial charge on any atom is -0.366 e. The molecular formula is C15H24N4O. The number of carbonyl (C=O) groups excluding carboxylic acids is 1. The summed E-state index contributed by atoms with van der Waals surface area (Å²) in [5.74, 6) is 0.605. The number of anilines is 1. The van der Waals surface area contributed by atoms with Crippen LogP contribution in [0.2, 0.25) is 0 Å². The molecular weight excluding hydrogens is 252 g/mol. The van der Waals surface area contributed by atoms with Crippen LogP contribution in [0.5, 0.6) is 0 Å². The van der Waals surface area contributed by atoms with Crippen LogP contribution in [0.1, 0.15) is 62.9 Å². The van der Waals surface area contributed by atoms with Gasteiger partial charge < -0.3 is 10.6 Å². The number of amides is 1. The summed E-state index contributed by atoms with van der Waals surface area (Å²) in [6.07, 6.45) is 7.18. The highest BCUT2D eigenvalue weighted by Crippen LogP contribution is 2.20. The van der Waals surface area contributed by atoms with E-state index in [9.17, 15) is 4.79 Å². The molecule has 1 aliphatic carbocycles. The van der Waals surface area contributed by atoms with E-state index in [0.717, 1.165) is 12.2 Å². The van der Waals surface area contributed by atoms with Crippen molar-refractivity contribution in [2.45, 2.75) is 64.5 Å². The van der Waals surface area contributed by atoms with Crippen LogP contribution < -0.4 is 10.6 Å². The molecule has 1 aromatic heterocycles. The molecule has 110 valence electrons. The molecule has 0 bridgehead atoms. The van der Waals surface area contributed by atoms with Crippen molar-refractivity contribution in [3.8, 4) is 0 Å². The van der Waals surface area contributed by atoms with E-state index in [0.29, 0.717) is 11.7 Å². The normalized spacial score (nSPS) is 17.5. The summed E-state index contributed by atoms with van der Waals surface area (Å²) < 4.78 is 0. The maximum atomic E-state index is 11.9. The van der Waals surface area contributed by atoms with Gasteiger partial charge in [-0.1, -0.05) is 26.2 Å². The minimum atomic E-state index is -0.156. The van der Waals surface area contributed by atoms with Gasteiger partial charge in [0.15, 0.2) is 5.69 Å². The Hall–Kier alpha value is -1.65. The Morgan fingerprint density at radius 2 is 2.05 bits per heavy atom. The second-order valence-corrected chi connectivity index (χ2v) is 5.57. The third-order valence-electron chi connectivity index (χ3n) is 3.84. The Bertz CT molecular complexity index is 426. The Labute approximate surface area is 120 Å². The van der Waals surface area contributed by atoms with Crippen LogP contribution in [-0.2, 0) is 0 Å². The molecule has 5 heteroatoms. The van der Waals surface area contributed by atoms with E-state index >= 15 is 0 Å². The second-order valence-electron chi connectivity index (χ2n) is 5.57. The highest BCUT2D eigenvalue weighted by atomic mass is 16.2. The monoisotopic (exact) mass is 276 g/mol. The lowest BCUT2D eigenvalue weighted by atomic mass is 9.95. The highest BCUT2D eigenvalue weighted by Gasteiger charge is 2.14. The molecule has 0 aromatic carbocycles. The number of hydrogen-bond acceptors (Lipinski definition) is 4. The standard InChI is InChI=1S/C15H24N4O/c1-3-11(2)16-15(20)13-9-10-14(19-18-13)17-12-7-5-4-6-8-12/h9-12H,3-8H2,1-2H3,(H,16,20)(H,17,19). The molecule has 1 amide bonds. The number of nitrogens with one attached hydrogen (secondary N) is 2. The van der Waals surface area contributed by atoms with Crippen molar-refractivity contribution in [1.29, 1.82) is 0 Å². The first-order chi connectivity index (χ1) is 9.69. The Balaban J connectivity index is 1.90. The lowest BCUT2D eigenvalue weighted by Crippen LogP contribution is -2.32. The van der Waals surface area contributed by atoms with Crippen molar-refractivity contribution in [3.05, 3.63) is 17.8 Å². The average molecular weight is 276 g/mol. The molecule has 0 spiro atoms. The maximum absolute atomic E-state index is 11.9. The zero-order chi connectivity index (χ0) is 14.4. The van der Waals surface area contributed by atoms with Gasteiger partial charge in [-0.05, 0) is 38.3 Å². The number of carbonyl (C=O) groups is 1. The SMILES string of the molecule is CCC(C)NC(=O)c1ccc(NC2CCCCC2)nn1. The lowest BCUT2D eigenvalue weighted by molar-refractivity contribution is 0.0933. The van der Waals surface area contributed by atoms with Gasteiger partial charge in [0.25, 0.3) is 5.91 Å². The summed E-state index contributed by atoms with van der Waals surface area (Å²) in [6.45, 7) is 4.01. The van der Waals surface area contributed by atoms with Gasteiger partial charge in [0.05, 0.1) is 0 Å². The first-order valence-corrected chi connectivity index (χ1v) is 7.60. The fourth-order valence-corrected chi connectivity index (χ4v) is 2.39. The van der Waals surface area contributed by atoms with Gasteiger partial charge in [0, 0.05) is 12.1 Å². The Morgan fingerprint density at radius 3 is 2.65 bits per heavy atom. The highest BCUT2D eigenvalue weighted by molar-refractivity contribution is 5.92. The van der Waals surface area contributed by atoms with Crippen LogP contribution in [0.3, 0.4) is 0 Å². The molecule has 1 heterocycles. The van der Waals surface area contributed by atoms with E-state index in [1.807, 2.05) is 19.9 Å². The summed E-state index contributed by atoms with van der Waals surface area (Å²) >= 11 is 0. The van der Waals surface area contributed by atoms with Crippen LogP contribution in [0.25, 0.3) is 0 Å². The zero-order valence-corrected chi connectivity index (χ0v) is 12.4. The molecule has 0 saturated heterocycles. The van der Waals surface area contributed by atoms with Gasteiger partial charge in [0.2, 0.25) is 0 Å². The average Bonchev–Trinajstić information content (AvgIpc) is 2.49.